The van der Waals surface area contributed by atoms with Crippen LogP contribution in [0, 0.1) is 0 Å². The summed E-state index contributed by atoms with van der Waals surface area (Å²) in [5.41, 5.74) is 0. The first-order valence-electron chi connectivity index (χ1n) is 8.44. The van der Waals surface area contributed by atoms with Crippen molar-refractivity contribution >= 4 is 35.9 Å². The van der Waals surface area contributed by atoms with Crippen LogP contribution in [0.5, 0.6) is 0 Å². The van der Waals surface area contributed by atoms with Crippen LogP contribution in [0.4, 0.5) is 5.95 Å². The number of halogens is 1. The third-order valence-corrected chi connectivity index (χ3v) is 4.15. The molecule has 0 aliphatic carbocycles. The molecule has 1 unspecified atom stereocenters. The van der Waals surface area contributed by atoms with Gasteiger partial charge in [-0.15, -0.1) is 24.0 Å². The summed E-state index contributed by atoms with van der Waals surface area (Å²) in [6.45, 7) is 10.3. The van der Waals surface area contributed by atoms with Crippen molar-refractivity contribution in [1.82, 2.24) is 25.5 Å². The van der Waals surface area contributed by atoms with Gasteiger partial charge in [0.1, 0.15) is 0 Å². The molecule has 1 aliphatic rings. The molecule has 1 aromatic heterocycles. The predicted octanol–water partition coefficient (Wildman–Crippen LogP) is 1.18. The fourth-order valence-electron chi connectivity index (χ4n) is 2.49. The summed E-state index contributed by atoms with van der Waals surface area (Å²) in [7, 11) is 1.82. The van der Waals surface area contributed by atoms with E-state index in [4.69, 9.17) is 0 Å². The Morgan fingerprint density at radius 2 is 1.92 bits per heavy atom. The summed E-state index contributed by atoms with van der Waals surface area (Å²) in [6.07, 6.45) is 4.69. The van der Waals surface area contributed by atoms with Gasteiger partial charge in [-0.3, -0.25) is 9.89 Å². The number of guanidine groups is 1. The van der Waals surface area contributed by atoms with Crippen LogP contribution in [0.3, 0.4) is 0 Å². The molecule has 0 saturated carbocycles. The summed E-state index contributed by atoms with van der Waals surface area (Å²) in [5.74, 6) is 1.72. The first-order valence-corrected chi connectivity index (χ1v) is 8.44. The molecule has 1 aromatic rings. The topological polar surface area (TPSA) is 68.7 Å². The molecular weight excluding hydrogens is 417 g/mol. The Morgan fingerprint density at radius 3 is 2.50 bits per heavy atom. The number of nitrogens with one attached hydrogen (secondary N) is 2. The van der Waals surface area contributed by atoms with Gasteiger partial charge in [0.2, 0.25) is 5.95 Å². The average Bonchev–Trinajstić information content (AvgIpc) is 2.62. The van der Waals surface area contributed by atoms with Gasteiger partial charge in [-0.2, -0.15) is 0 Å². The molecular formula is C16H30IN7. The summed E-state index contributed by atoms with van der Waals surface area (Å²) in [4.78, 5) is 17.6. The molecule has 0 spiro atoms. The van der Waals surface area contributed by atoms with Gasteiger partial charge in [-0.1, -0.05) is 6.92 Å². The highest BCUT2D eigenvalue weighted by atomic mass is 127. The molecule has 2 heterocycles. The van der Waals surface area contributed by atoms with Crippen molar-refractivity contribution in [3.05, 3.63) is 18.5 Å². The highest BCUT2D eigenvalue weighted by Gasteiger charge is 2.18. The van der Waals surface area contributed by atoms with E-state index in [1.165, 1.54) is 0 Å². The number of aromatic nitrogens is 2. The number of rotatable bonds is 6. The summed E-state index contributed by atoms with van der Waals surface area (Å²) < 4.78 is 0. The van der Waals surface area contributed by atoms with Crippen molar-refractivity contribution in [3.63, 3.8) is 0 Å². The maximum absolute atomic E-state index is 4.32. The van der Waals surface area contributed by atoms with Gasteiger partial charge in [0, 0.05) is 64.8 Å². The molecule has 1 saturated heterocycles. The third-order valence-electron chi connectivity index (χ3n) is 4.15. The number of nitrogens with zero attached hydrogens (tertiary/aromatic N) is 5. The van der Waals surface area contributed by atoms with Crippen LogP contribution in [-0.2, 0) is 0 Å². The van der Waals surface area contributed by atoms with E-state index in [-0.39, 0.29) is 24.0 Å². The van der Waals surface area contributed by atoms with Gasteiger partial charge in [0.05, 0.1) is 0 Å². The molecule has 1 atom stereocenters. The zero-order valence-electron chi connectivity index (χ0n) is 14.9. The van der Waals surface area contributed by atoms with Crippen LogP contribution >= 0.6 is 24.0 Å². The van der Waals surface area contributed by atoms with Gasteiger partial charge in [0.15, 0.2) is 5.96 Å². The minimum atomic E-state index is 0. The molecule has 1 aliphatic heterocycles. The highest BCUT2D eigenvalue weighted by molar-refractivity contribution is 14.0. The second-order valence-corrected chi connectivity index (χ2v) is 5.83. The first-order chi connectivity index (χ1) is 11.2. The minimum absolute atomic E-state index is 0. The molecule has 2 rings (SSSR count). The molecule has 0 aromatic carbocycles. The van der Waals surface area contributed by atoms with E-state index >= 15 is 0 Å². The van der Waals surface area contributed by atoms with Crippen molar-refractivity contribution in [2.75, 3.05) is 51.2 Å². The number of hydrogen-bond acceptors (Lipinski definition) is 5. The minimum Gasteiger partial charge on any atom is -0.355 e. The maximum atomic E-state index is 4.32. The lowest BCUT2D eigenvalue weighted by Gasteiger charge is -2.34. The zero-order chi connectivity index (χ0) is 16.5. The lowest BCUT2D eigenvalue weighted by molar-refractivity contribution is 0.260. The Morgan fingerprint density at radius 1 is 1.25 bits per heavy atom. The summed E-state index contributed by atoms with van der Waals surface area (Å²) in [5, 5.41) is 6.76. The Bertz CT molecular complexity index is 475. The number of hydrogen-bond donors (Lipinski definition) is 2. The van der Waals surface area contributed by atoms with Gasteiger partial charge in [-0.25, -0.2) is 9.97 Å². The molecule has 2 N–H and O–H groups in total. The Hall–Kier alpha value is -1.16. The lowest BCUT2D eigenvalue weighted by atomic mass is 10.3. The Kier molecular flexibility index (Phi) is 9.92. The monoisotopic (exact) mass is 447 g/mol. The lowest BCUT2D eigenvalue weighted by Crippen LogP contribution is -2.50. The van der Waals surface area contributed by atoms with E-state index in [1.807, 2.05) is 13.1 Å². The van der Waals surface area contributed by atoms with Gasteiger partial charge < -0.3 is 15.5 Å². The van der Waals surface area contributed by atoms with E-state index in [2.05, 4.69) is 49.2 Å². The highest BCUT2D eigenvalue weighted by Crippen LogP contribution is 2.08. The average molecular weight is 447 g/mol. The first kappa shape index (κ1) is 20.9. The zero-order valence-corrected chi connectivity index (χ0v) is 17.2. The second kappa shape index (κ2) is 11.4. The van der Waals surface area contributed by atoms with Gasteiger partial charge in [-0.05, 0) is 19.4 Å². The largest absolute Gasteiger partial charge is 0.355 e. The molecule has 7 nitrogen and oxygen atoms in total. The Balaban J connectivity index is 0.00000288. The number of anilines is 1. The van der Waals surface area contributed by atoms with Gasteiger partial charge >= 0.3 is 0 Å². The van der Waals surface area contributed by atoms with Crippen molar-refractivity contribution in [3.8, 4) is 0 Å². The van der Waals surface area contributed by atoms with Crippen molar-refractivity contribution < 1.29 is 0 Å². The fraction of sp³-hybridized carbons (Fsp3) is 0.688. The van der Waals surface area contributed by atoms with E-state index in [0.717, 1.165) is 57.6 Å². The fourth-order valence-corrected chi connectivity index (χ4v) is 2.49. The third kappa shape index (κ3) is 6.76. The normalized spacial score (nSPS) is 17.1. The summed E-state index contributed by atoms with van der Waals surface area (Å²) in [6, 6.07) is 2.29. The van der Waals surface area contributed by atoms with Crippen LogP contribution in [0.15, 0.2) is 23.5 Å². The van der Waals surface area contributed by atoms with Crippen LogP contribution in [0.2, 0.25) is 0 Å². The molecule has 24 heavy (non-hydrogen) atoms. The standard InChI is InChI=1S/C16H29N7.HI/c1-4-14(2)21-15(17-3)18-8-9-22-10-12-23(13-11-22)16-19-6-5-7-20-16;/h5-7,14H,4,8-13H2,1-3H3,(H2,17,18,21);1H. The molecule has 0 bridgehead atoms. The smallest absolute Gasteiger partial charge is 0.225 e. The van der Waals surface area contributed by atoms with E-state index in [1.54, 1.807) is 12.4 Å². The summed E-state index contributed by atoms with van der Waals surface area (Å²) >= 11 is 0. The van der Waals surface area contributed by atoms with Crippen LogP contribution < -0.4 is 15.5 Å². The Labute approximate surface area is 162 Å². The van der Waals surface area contributed by atoms with Crippen LogP contribution in [-0.4, -0.2) is 73.2 Å². The van der Waals surface area contributed by atoms with Gasteiger partial charge in [0.25, 0.3) is 0 Å². The number of aliphatic imine (C=N–C) groups is 1. The molecule has 1 fully saturated rings. The van der Waals surface area contributed by atoms with E-state index in [9.17, 15) is 0 Å². The van der Waals surface area contributed by atoms with Crippen LogP contribution in [0.1, 0.15) is 20.3 Å². The molecule has 0 amide bonds. The van der Waals surface area contributed by atoms with Crippen molar-refractivity contribution in [1.29, 1.82) is 0 Å². The predicted molar refractivity (Wildman–Crippen MR) is 110 cm³/mol. The molecule has 0 radical (unpaired) electrons. The van der Waals surface area contributed by atoms with E-state index < -0.39 is 0 Å². The number of piperazine rings is 1. The van der Waals surface area contributed by atoms with Crippen molar-refractivity contribution in [2.24, 2.45) is 4.99 Å². The second-order valence-electron chi connectivity index (χ2n) is 5.83. The molecule has 136 valence electrons. The van der Waals surface area contributed by atoms with Crippen LogP contribution in [0.25, 0.3) is 0 Å². The van der Waals surface area contributed by atoms with Crippen molar-refractivity contribution in [2.45, 2.75) is 26.3 Å². The quantitative estimate of drug-likeness (QED) is 0.388. The molecule has 8 heteroatoms. The SMILES string of the molecule is CCC(C)NC(=NC)NCCN1CCN(c2ncccn2)CC1.I. The maximum Gasteiger partial charge on any atom is 0.225 e. The van der Waals surface area contributed by atoms with E-state index in [0.29, 0.717) is 6.04 Å².